The van der Waals surface area contributed by atoms with Gasteiger partial charge in [-0.05, 0) is 31.7 Å². The summed E-state index contributed by atoms with van der Waals surface area (Å²) in [6.07, 6.45) is 3.26. The predicted molar refractivity (Wildman–Crippen MR) is 59.4 cm³/mol. The van der Waals surface area contributed by atoms with E-state index in [0.29, 0.717) is 12.0 Å². The molecule has 1 N–H and O–H groups in total. The van der Waals surface area contributed by atoms with Gasteiger partial charge in [0, 0.05) is 19.0 Å². The summed E-state index contributed by atoms with van der Waals surface area (Å²) in [7, 11) is 2.19. The van der Waals surface area contributed by atoms with Crippen LogP contribution in [0.2, 0.25) is 0 Å². The molecule has 2 saturated heterocycles. The van der Waals surface area contributed by atoms with E-state index in [4.69, 9.17) is 5.21 Å². The van der Waals surface area contributed by atoms with Crippen molar-refractivity contribution in [1.82, 2.24) is 4.90 Å². The number of halogens is 1. The van der Waals surface area contributed by atoms with Crippen molar-refractivity contribution in [3.63, 3.8) is 0 Å². The van der Waals surface area contributed by atoms with Gasteiger partial charge >= 0.3 is 0 Å². The summed E-state index contributed by atoms with van der Waals surface area (Å²) in [5, 5.41) is 12.2. The molecule has 2 heterocycles. The summed E-state index contributed by atoms with van der Waals surface area (Å²) in [6.45, 7) is 3.49. The minimum Gasteiger partial charge on any atom is -0.411 e. The molecule has 3 rings (SSSR count). The maximum Gasteiger partial charge on any atom is 0.0589 e. The summed E-state index contributed by atoms with van der Waals surface area (Å²) < 4.78 is 0. The second-order valence-electron chi connectivity index (χ2n) is 4.66. The zero-order valence-electron chi connectivity index (χ0n) is 8.81. The maximum atomic E-state index is 8.82. The van der Waals surface area contributed by atoms with Gasteiger partial charge in [-0.25, -0.2) is 0 Å². The minimum absolute atomic E-state index is 0. The lowest BCUT2D eigenvalue weighted by Crippen LogP contribution is -2.43. The molecular formula is C10H19ClN2O. The number of fused-ring (bicyclic) bond motifs is 4. The summed E-state index contributed by atoms with van der Waals surface area (Å²) in [4.78, 5) is 2.43. The molecule has 82 valence electrons. The molecule has 0 radical (unpaired) electrons. The van der Waals surface area contributed by atoms with Gasteiger partial charge in [0.15, 0.2) is 0 Å². The number of rotatable bonds is 0. The molecule has 1 saturated carbocycles. The summed E-state index contributed by atoms with van der Waals surface area (Å²) in [5.74, 6) is 1.47. The van der Waals surface area contributed by atoms with Crippen molar-refractivity contribution in [1.29, 1.82) is 0 Å². The topological polar surface area (TPSA) is 35.8 Å². The fourth-order valence-electron chi connectivity index (χ4n) is 2.98. The van der Waals surface area contributed by atoms with Gasteiger partial charge in [-0.3, -0.25) is 0 Å². The van der Waals surface area contributed by atoms with Gasteiger partial charge in [-0.1, -0.05) is 12.1 Å². The first-order chi connectivity index (χ1) is 6.20. The third kappa shape index (κ3) is 2.04. The first kappa shape index (κ1) is 11.8. The Balaban J connectivity index is 0.000000980. The van der Waals surface area contributed by atoms with Gasteiger partial charge in [0.25, 0.3) is 0 Å². The van der Waals surface area contributed by atoms with E-state index in [1.54, 1.807) is 0 Å². The van der Waals surface area contributed by atoms with E-state index >= 15 is 0 Å². The summed E-state index contributed by atoms with van der Waals surface area (Å²) in [5.41, 5.74) is 1.00. The Bertz CT molecular complexity index is 220. The highest BCUT2D eigenvalue weighted by atomic mass is 35.5. The zero-order chi connectivity index (χ0) is 9.42. The Morgan fingerprint density at radius 1 is 1.43 bits per heavy atom. The highest BCUT2D eigenvalue weighted by Gasteiger charge is 2.36. The molecule has 0 spiro atoms. The van der Waals surface area contributed by atoms with Crippen molar-refractivity contribution in [2.45, 2.75) is 32.2 Å². The summed E-state index contributed by atoms with van der Waals surface area (Å²) in [6, 6.07) is 0.602. The first-order valence-corrected chi connectivity index (χ1v) is 5.10. The van der Waals surface area contributed by atoms with E-state index in [0.717, 1.165) is 24.5 Å². The van der Waals surface area contributed by atoms with Crippen molar-refractivity contribution >= 4 is 18.1 Å². The van der Waals surface area contributed by atoms with Gasteiger partial charge in [0.1, 0.15) is 0 Å². The molecule has 0 aromatic rings. The van der Waals surface area contributed by atoms with Crippen LogP contribution in [0.1, 0.15) is 26.2 Å². The normalized spacial score (nSPS) is 40.7. The maximum absolute atomic E-state index is 8.82. The van der Waals surface area contributed by atoms with Crippen LogP contribution in [0.5, 0.6) is 0 Å². The van der Waals surface area contributed by atoms with Crippen LogP contribution in [0.3, 0.4) is 0 Å². The van der Waals surface area contributed by atoms with E-state index < -0.39 is 0 Å². The van der Waals surface area contributed by atoms with Gasteiger partial charge in [0.05, 0.1) is 5.71 Å². The van der Waals surface area contributed by atoms with Crippen LogP contribution in [-0.2, 0) is 0 Å². The highest BCUT2D eigenvalue weighted by Crippen LogP contribution is 2.34. The Hall–Kier alpha value is -0.280. The zero-order valence-corrected chi connectivity index (χ0v) is 9.63. The van der Waals surface area contributed by atoms with E-state index in [-0.39, 0.29) is 12.4 Å². The molecular weight excluding hydrogens is 200 g/mol. The van der Waals surface area contributed by atoms with Crippen molar-refractivity contribution in [2.24, 2.45) is 17.0 Å². The number of hydrogen-bond acceptors (Lipinski definition) is 3. The molecule has 0 aromatic carbocycles. The molecule has 3 aliphatic rings. The fourth-order valence-corrected chi connectivity index (χ4v) is 2.98. The Morgan fingerprint density at radius 3 is 2.71 bits per heavy atom. The Morgan fingerprint density at radius 2 is 2.14 bits per heavy atom. The molecule has 2 aliphatic heterocycles. The van der Waals surface area contributed by atoms with E-state index in [2.05, 4.69) is 24.0 Å². The lowest BCUT2D eigenvalue weighted by Gasteiger charge is -2.38. The van der Waals surface area contributed by atoms with Crippen LogP contribution in [0.15, 0.2) is 5.16 Å². The van der Waals surface area contributed by atoms with Gasteiger partial charge in [-0.2, -0.15) is 0 Å². The van der Waals surface area contributed by atoms with E-state index in [1.807, 2.05) is 0 Å². The van der Waals surface area contributed by atoms with Crippen LogP contribution in [0.25, 0.3) is 0 Å². The van der Waals surface area contributed by atoms with Crippen LogP contribution in [0.4, 0.5) is 0 Å². The van der Waals surface area contributed by atoms with Gasteiger partial charge < -0.3 is 10.1 Å². The van der Waals surface area contributed by atoms with Crippen molar-refractivity contribution in [3.8, 4) is 0 Å². The minimum atomic E-state index is 0. The highest BCUT2D eigenvalue weighted by molar-refractivity contribution is 5.85. The molecule has 0 amide bonds. The number of piperidine rings is 1. The smallest absolute Gasteiger partial charge is 0.0589 e. The predicted octanol–water partition coefficient (Wildman–Crippen LogP) is 1.99. The first-order valence-electron chi connectivity index (χ1n) is 5.10. The van der Waals surface area contributed by atoms with Gasteiger partial charge in [-0.15, -0.1) is 12.4 Å². The van der Waals surface area contributed by atoms with Crippen molar-refractivity contribution in [3.05, 3.63) is 0 Å². The van der Waals surface area contributed by atoms with E-state index in [9.17, 15) is 0 Å². The second-order valence-corrected chi connectivity index (χ2v) is 4.66. The molecule has 14 heavy (non-hydrogen) atoms. The standard InChI is InChI=1S/C10H18N2O.ClH/c1-7-3-8-4-9(11-13)5-10(7)12(2)6-8;/h7-8,10,13H,3-6H2,1-2H3;1H/b11-9+;. The van der Waals surface area contributed by atoms with Crippen LogP contribution >= 0.6 is 12.4 Å². The fraction of sp³-hybridized carbons (Fsp3) is 0.900. The molecule has 2 bridgehead atoms. The molecule has 3 atom stereocenters. The second kappa shape index (κ2) is 4.49. The Labute approximate surface area is 91.6 Å². The molecule has 3 nitrogen and oxygen atoms in total. The van der Waals surface area contributed by atoms with Crippen LogP contribution in [0, 0.1) is 11.8 Å². The largest absolute Gasteiger partial charge is 0.411 e. The third-order valence-electron chi connectivity index (χ3n) is 3.58. The monoisotopic (exact) mass is 218 g/mol. The van der Waals surface area contributed by atoms with Gasteiger partial charge in [0.2, 0.25) is 0 Å². The summed E-state index contributed by atoms with van der Waals surface area (Å²) >= 11 is 0. The molecule has 3 unspecified atom stereocenters. The van der Waals surface area contributed by atoms with E-state index in [1.165, 1.54) is 13.0 Å². The molecule has 1 aliphatic carbocycles. The number of hydrogen-bond donors (Lipinski definition) is 1. The number of oxime groups is 1. The van der Waals surface area contributed by atoms with Crippen LogP contribution < -0.4 is 0 Å². The average molecular weight is 219 g/mol. The van der Waals surface area contributed by atoms with Crippen molar-refractivity contribution < 1.29 is 5.21 Å². The quantitative estimate of drug-likeness (QED) is 0.499. The van der Waals surface area contributed by atoms with Crippen molar-refractivity contribution in [2.75, 3.05) is 13.6 Å². The number of nitrogens with zero attached hydrogens (tertiary/aromatic N) is 2. The SMILES string of the molecule is CC1CC2C/C(=N\O)CC1N(C)C2.Cl. The average Bonchev–Trinajstić information content (AvgIpc) is 2.32. The third-order valence-corrected chi connectivity index (χ3v) is 3.58. The van der Waals surface area contributed by atoms with Crippen LogP contribution in [-0.4, -0.2) is 35.5 Å². The molecule has 3 fully saturated rings. The molecule has 4 heteroatoms. The Kier molecular flexibility index (Phi) is 3.78. The lowest BCUT2D eigenvalue weighted by molar-refractivity contribution is 0.106. The lowest BCUT2D eigenvalue weighted by atomic mass is 9.86. The molecule has 0 aromatic heterocycles.